The fraction of sp³-hybridized carbons (Fsp3) is 0.130. The van der Waals surface area contributed by atoms with Gasteiger partial charge < -0.3 is 4.90 Å². The molecule has 4 heteroatoms. The topological polar surface area (TPSA) is 44.1 Å². The van der Waals surface area contributed by atoms with Crippen molar-refractivity contribution in [3.63, 3.8) is 0 Å². The smallest absolute Gasteiger partial charge is 0.246 e. The van der Waals surface area contributed by atoms with Gasteiger partial charge in [-0.1, -0.05) is 48.5 Å². The highest BCUT2D eigenvalue weighted by Crippen LogP contribution is 2.14. The summed E-state index contributed by atoms with van der Waals surface area (Å²) < 4.78 is 0. The molecule has 0 radical (unpaired) electrons. The van der Waals surface area contributed by atoms with E-state index >= 15 is 0 Å². The molecule has 0 saturated carbocycles. The van der Waals surface area contributed by atoms with Gasteiger partial charge in [0, 0.05) is 17.5 Å². The van der Waals surface area contributed by atoms with E-state index in [1.165, 1.54) is 10.4 Å². The molecule has 1 heterocycles. The maximum atomic E-state index is 12.8. The quantitative estimate of drug-likeness (QED) is 0.554. The monoisotopic (exact) mass is 372 g/mol. The van der Waals surface area contributed by atoms with Gasteiger partial charge in [0.05, 0.1) is 18.2 Å². The van der Waals surface area contributed by atoms with Crippen LogP contribution in [0.5, 0.6) is 0 Å². The molecule has 0 aliphatic rings. The summed E-state index contributed by atoms with van der Waals surface area (Å²) in [5.74, 6) is -0.0105. The molecule has 134 valence electrons. The molecule has 1 aromatic heterocycles. The van der Waals surface area contributed by atoms with E-state index < -0.39 is 0 Å². The number of benzene rings is 2. The highest BCUT2D eigenvalue weighted by atomic mass is 32.1. The molecule has 0 spiro atoms. The number of hydrogen-bond acceptors (Lipinski definition) is 3. The zero-order valence-corrected chi connectivity index (χ0v) is 15.7. The Kier molecular flexibility index (Phi) is 6.56. The van der Waals surface area contributed by atoms with Crippen LogP contribution in [0, 0.1) is 11.3 Å². The summed E-state index contributed by atoms with van der Waals surface area (Å²) in [7, 11) is 0. The number of carbonyl (C=O) groups is 1. The lowest BCUT2D eigenvalue weighted by Crippen LogP contribution is -2.30. The molecule has 0 unspecified atom stereocenters. The van der Waals surface area contributed by atoms with Gasteiger partial charge in [-0.15, -0.1) is 11.3 Å². The van der Waals surface area contributed by atoms with E-state index in [1.807, 2.05) is 46.7 Å². The van der Waals surface area contributed by atoms with E-state index in [0.29, 0.717) is 18.7 Å². The predicted molar refractivity (Wildman–Crippen MR) is 110 cm³/mol. The number of rotatable bonds is 7. The van der Waals surface area contributed by atoms with Crippen LogP contribution in [-0.2, 0) is 17.8 Å². The number of carbonyl (C=O) groups excluding carboxylic acids is 1. The fourth-order valence-corrected chi connectivity index (χ4v) is 3.43. The minimum absolute atomic E-state index is 0.0105. The standard InChI is InChI=1S/C23H20N2OS/c24-17-21-10-8-20(9-11-21)12-13-23(26)25(18-22-7-4-16-27-22)15-14-19-5-2-1-3-6-19/h1-13,16H,14-15,18H2. The van der Waals surface area contributed by atoms with Crippen molar-refractivity contribution < 1.29 is 4.79 Å². The summed E-state index contributed by atoms with van der Waals surface area (Å²) in [5.41, 5.74) is 2.74. The fourth-order valence-electron chi connectivity index (χ4n) is 2.71. The highest BCUT2D eigenvalue weighted by molar-refractivity contribution is 7.09. The molecule has 0 aliphatic carbocycles. The maximum absolute atomic E-state index is 12.8. The van der Waals surface area contributed by atoms with Crippen molar-refractivity contribution in [3.8, 4) is 6.07 Å². The summed E-state index contributed by atoms with van der Waals surface area (Å²) >= 11 is 1.66. The Labute approximate surface area is 163 Å². The lowest BCUT2D eigenvalue weighted by atomic mass is 10.1. The van der Waals surface area contributed by atoms with Crippen molar-refractivity contribution in [1.82, 2.24) is 4.90 Å². The first-order chi connectivity index (χ1) is 13.2. The van der Waals surface area contributed by atoms with E-state index in [-0.39, 0.29) is 5.91 Å². The van der Waals surface area contributed by atoms with Gasteiger partial charge in [0.1, 0.15) is 0 Å². The molecule has 0 fully saturated rings. The molecule has 2 aromatic carbocycles. The molecule has 1 amide bonds. The first-order valence-corrected chi connectivity index (χ1v) is 9.66. The van der Waals surface area contributed by atoms with Crippen LogP contribution in [0.2, 0.25) is 0 Å². The largest absolute Gasteiger partial charge is 0.334 e. The van der Waals surface area contributed by atoms with Crippen LogP contribution in [-0.4, -0.2) is 17.4 Å². The van der Waals surface area contributed by atoms with Crippen molar-refractivity contribution in [1.29, 1.82) is 5.26 Å². The first-order valence-electron chi connectivity index (χ1n) is 8.78. The molecule has 0 atom stereocenters. The Hall–Kier alpha value is -3.16. The maximum Gasteiger partial charge on any atom is 0.246 e. The predicted octanol–water partition coefficient (Wildman–Crippen LogP) is 4.90. The van der Waals surface area contributed by atoms with Crippen molar-refractivity contribution in [2.24, 2.45) is 0 Å². The highest BCUT2D eigenvalue weighted by Gasteiger charge is 2.12. The van der Waals surface area contributed by atoms with Crippen LogP contribution in [0.1, 0.15) is 21.6 Å². The van der Waals surface area contributed by atoms with Crippen LogP contribution in [0.3, 0.4) is 0 Å². The molecule has 27 heavy (non-hydrogen) atoms. The van der Waals surface area contributed by atoms with Gasteiger partial charge in [-0.25, -0.2) is 0 Å². The van der Waals surface area contributed by atoms with Gasteiger partial charge >= 0.3 is 0 Å². The number of nitrogens with zero attached hydrogens (tertiary/aromatic N) is 2. The Balaban J connectivity index is 1.69. The van der Waals surface area contributed by atoms with Gasteiger partial charge in [0.25, 0.3) is 0 Å². The number of hydrogen-bond donors (Lipinski definition) is 0. The van der Waals surface area contributed by atoms with Gasteiger partial charge in [-0.3, -0.25) is 4.79 Å². The summed E-state index contributed by atoms with van der Waals surface area (Å²) in [5, 5.41) is 10.9. The minimum Gasteiger partial charge on any atom is -0.334 e. The second kappa shape index (κ2) is 9.51. The molecule has 0 saturated heterocycles. The van der Waals surface area contributed by atoms with Crippen molar-refractivity contribution in [3.05, 3.63) is 99.8 Å². The Bertz CT molecular complexity index is 923. The third-order valence-electron chi connectivity index (χ3n) is 4.21. The summed E-state index contributed by atoms with van der Waals surface area (Å²) in [6.45, 7) is 1.28. The van der Waals surface area contributed by atoms with Gasteiger partial charge in [-0.05, 0) is 47.2 Å². The Morgan fingerprint density at radius 1 is 1.04 bits per heavy atom. The van der Waals surface area contributed by atoms with E-state index in [0.717, 1.165) is 12.0 Å². The van der Waals surface area contributed by atoms with Crippen molar-refractivity contribution >= 4 is 23.3 Å². The third-order valence-corrected chi connectivity index (χ3v) is 5.07. The molecule has 3 nitrogen and oxygen atoms in total. The number of nitriles is 1. The van der Waals surface area contributed by atoms with Gasteiger partial charge in [0.15, 0.2) is 0 Å². The molecule has 0 N–H and O–H groups in total. The van der Waals surface area contributed by atoms with Crippen LogP contribution < -0.4 is 0 Å². The average Bonchev–Trinajstić information content (AvgIpc) is 3.23. The molecule has 3 rings (SSSR count). The number of thiophene rings is 1. The molecule has 0 bridgehead atoms. The second-order valence-corrected chi connectivity index (χ2v) is 7.17. The third kappa shape index (κ3) is 5.67. The number of amides is 1. The summed E-state index contributed by atoms with van der Waals surface area (Å²) in [6, 6.07) is 23.6. The summed E-state index contributed by atoms with van der Waals surface area (Å²) in [4.78, 5) is 15.8. The average molecular weight is 372 g/mol. The normalized spacial score (nSPS) is 10.6. The van der Waals surface area contributed by atoms with Crippen molar-refractivity contribution in [2.45, 2.75) is 13.0 Å². The summed E-state index contributed by atoms with van der Waals surface area (Å²) in [6.07, 6.45) is 4.23. The molecular weight excluding hydrogens is 352 g/mol. The van der Waals surface area contributed by atoms with Crippen LogP contribution >= 0.6 is 11.3 Å². The first kappa shape index (κ1) is 18.6. The van der Waals surface area contributed by atoms with E-state index in [2.05, 4.69) is 24.3 Å². The van der Waals surface area contributed by atoms with E-state index in [4.69, 9.17) is 5.26 Å². The lowest BCUT2D eigenvalue weighted by molar-refractivity contribution is -0.126. The van der Waals surface area contributed by atoms with Crippen LogP contribution in [0.4, 0.5) is 0 Å². The minimum atomic E-state index is -0.0105. The molecule has 3 aromatic rings. The van der Waals surface area contributed by atoms with Gasteiger partial charge in [-0.2, -0.15) is 5.26 Å². The van der Waals surface area contributed by atoms with Gasteiger partial charge in [0.2, 0.25) is 5.91 Å². The van der Waals surface area contributed by atoms with E-state index in [1.54, 1.807) is 35.6 Å². The van der Waals surface area contributed by atoms with Crippen molar-refractivity contribution in [2.75, 3.05) is 6.54 Å². The Morgan fingerprint density at radius 2 is 1.81 bits per heavy atom. The van der Waals surface area contributed by atoms with E-state index in [9.17, 15) is 4.79 Å². The Morgan fingerprint density at radius 3 is 2.48 bits per heavy atom. The SMILES string of the molecule is N#Cc1ccc(C=CC(=O)N(CCc2ccccc2)Cc2cccs2)cc1. The lowest BCUT2D eigenvalue weighted by Gasteiger charge is -2.20. The second-order valence-electron chi connectivity index (χ2n) is 6.14. The zero-order chi connectivity index (χ0) is 18.9. The van der Waals surface area contributed by atoms with Crippen LogP contribution in [0.15, 0.2) is 78.2 Å². The molecular formula is C23H20N2OS. The zero-order valence-electron chi connectivity index (χ0n) is 14.9. The molecule has 0 aliphatic heterocycles. The van der Waals surface area contributed by atoms with Crippen LogP contribution in [0.25, 0.3) is 6.08 Å².